The van der Waals surface area contributed by atoms with E-state index in [4.69, 9.17) is 16.3 Å². The fraction of sp³-hybridized carbons (Fsp3) is 0.143. The Morgan fingerprint density at radius 1 is 1.20 bits per heavy atom. The van der Waals surface area contributed by atoms with E-state index in [9.17, 15) is 10.1 Å². The molecule has 104 valence electrons. The molecule has 20 heavy (non-hydrogen) atoms. The Kier molecular flexibility index (Phi) is 5.11. The van der Waals surface area contributed by atoms with Crippen LogP contribution in [0.5, 0.6) is 0 Å². The normalized spacial score (nSPS) is 10.5. The number of nitro groups is 1. The Morgan fingerprint density at radius 3 is 2.65 bits per heavy atom. The minimum absolute atomic E-state index is 0.103. The van der Waals surface area contributed by atoms with Gasteiger partial charge in [0.25, 0.3) is 5.69 Å². The summed E-state index contributed by atoms with van der Waals surface area (Å²) in [5.41, 5.74) is 1.64. The van der Waals surface area contributed by atoms with E-state index in [0.29, 0.717) is 18.8 Å². The van der Waals surface area contributed by atoms with Gasteiger partial charge in [0, 0.05) is 10.5 Å². The van der Waals surface area contributed by atoms with Crippen molar-refractivity contribution in [2.45, 2.75) is 13.2 Å². The van der Waals surface area contributed by atoms with Crippen LogP contribution >= 0.6 is 27.5 Å². The number of hydrogen-bond donors (Lipinski definition) is 0. The van der Waals surface area contributed by atoms with Crippen LogP contribution in [0.1, 0.15) is 11.1 Å². The molecule has 0 bridgehead atoms. The van der Waals surface area contributed by atoms with Crippen LogP contribution in [-0.4, -0.2) is 4.92 Å². The number of rotatable bonds is 5. The highest BCUT2D eigenvalue weighted by molar-refractivity contribution is 9.10. The standard InChI is InChI=1S/C14H11BrClNO3/c15-12-4-2-1-3-11(12)9-20-8-10-5-6-13(16)14(7-10)17(18)19/h1-7H,8-9H2. The molecule has 0 saturated carbocycles. The van der Waals surface area contributed by atoms with Gasteiger partial charge in [-0.05, 0) is 23.3 Å². The SMILES string of the molecule is O=[N+]([O-])c1cc(COCc2ccccc2Br)ccc1Cl. The summed E-state index contributed by atoms with van der Waals surface area (Å²) >= 11 is 9.19. The number of ether oxygens (including phenoxy) is 1. The second kappa shape index (κ2) is 6.83. The molecule has 0 heterocycles. The fourth-order valence-electron chi connectivity index (χ4n) is 1.68. The molecule has 0 aromatic heterocycles. The third-order valence-corrected chi connectivity index (χ3v) is 3.78. The lowest BCUT2D eigenvalue weighted by Crippen LogP contribution is -1.97. The Hall–Kier alpha value is -1.43. The van der Waals surface area contributed by atoms with Gasteiger partial charge in [-0.25, -0.2) is 0 Å². The Labute approximate surface area is 129 Å². The van der Waals surface area contributed by atoms with Crippen LogP contribution in [-0.2, 0) is 18.0 Å². The van der Waals surface area contributed by atoms with Gasteiger partial charge in [-0.2, -0.15) is 0 Å². The number of nitro benzene ring substituents is 1. The molecule has 2 aromatic rings. The Morgan fingerprint density at radius 2 is 1.95 bits per heavy atom. The predicted octanol–water partition coefficient (Wildman–Crippen LogP) is 4.73. The number of nitrogens with zero attached hydrogens (tertiary/aromatic N) is 1. The van der Waals surface area contributed by atoms with E-state index >= 15 is 0 Å². The van der Waals surface area contributed by atoms with Crippen LogP contribution in [0.2, 0.25) is 5.02 Å². The number of halogens is 2. The van der Waals surface area contributed by atoms with Gasteiger partial charge < -0.3 is 4.74 Å². The summed E-state index contributed by atoms with van der Waals surface area (Å²) in [6.45, 7) is 0.719. The van der Waals surface area contributed by atoms with E-state index in [1.165, 1.54) is 12.1 Å². The maximum Gasteiger partial charge on any atom is 0.288 e. The first-order valence-electron chi connectivity index (χ1n) is 5.82. The molecule has 2 rings (SSSR count). The Balaban J connectivity index is 2.00. The summed E-state index contributed by atoms with van der Waals surface area (Å²) < 4.78 is 6.54. The van der Waals surface area contributed by atoms with Crippen molar-refractivity contribution in [3.63, 3.8) is 0 Å². The van der Waals surface area contributed by atoms with Gasteiger partial charge in [0.2, 0.25) is 0 Å². The topological polar surface area (TPSA) is 52.4 Å². The first-order valence-corrected chi connectivity index (χ1v) is 6.99. The molecule has 0 N–H and O–H groups in total. The molecule has 0 radical (unpaired) electrons. The molecule has 0 aliphatic carbocycles. The summed E-state index contributed by atoms with van der Waals surface area (Å²) in [6, 6.07) is 12.4. The van der Waals surface area contributed by atoms with E-state index in [1.54, 1.807) is 6.07 Å². The molecule has 0 aliphatic rings. The van der Waals surface area contributed by atoms with E-state index in [0.717, 1.165) is 10.0 Å². The molecule has 0 unspecified atom stereocenters. The summed E-state index contributed by atoms with van der Waals surface area (Å²) in [4.78, 5) is 10.3. The van der Waals surface area contributed by atoms with Crippen LogP contribution in [0.15, 0.2) is 46.9 Å². The molecule has 0 aliphatic heterocycles. The van der Waals surface area contributed by atoms with Crippen molar-refractivity contribution in [2.75, 3.05) is 0 Å². The zero-order valence-corrected chi connectivity index (χ0v) is 12.7. The van der Waals surface area contributed by atoms with E-state index < -0.39 is 4.92 Å². The maximum atomic E-state index is 10.8. The molecular formula is C14H11BrClNO3. The fourth-order valence-corrected chi connectivity index (χ4v) is 2.27. The third-order valence-electron chi connectivity index (χ3n) is 2.69. The highest BCUT2D eigenvalue weighted by atomic mass is 79.9. The molecule has 0 amide bonds. The van der Waals surface area contributed by atoms with Gasteiger partial charge >= 0.3 is 0 Å². The zero-order chi connectivity index (χ0) is 14.5. The van der Waals surface area contributed by atoms with Crippen molar-refractivity contribution in [1.82, 2.24) is 0 Å². The predicted molar refractivity (Wildman–Crippen MR) is 80.7 cm³/mol. The number of benzene rings is 2. The van der Waals surface area contributed by atoms with Gasteiger partial charge in [0.1, 0.15) is 5.02 Å². The molecule has 0 atom stereocenters. The van der Waals surface area contributed by atoms with Crippen LogP contribution in [0.4, 0.5) is 5.69 Å². The van der Waals surface area contributed by atoms with Crippen LogP contribution in [0.25, 0.3) is 0 Å². The van der Waals surface area contributed by atoms with Gasteiger partial charge in [0.05, 0.1) is 18.1 Å². The third kappa shape index (κ3) is 3.79. The first-order chi connectivity index (χ1) is 9.58. The first kappa shape index (κ1) is 15.0. The van der Waals surface area contributed by atoms with Crippen molar-refractivity contribution in [2.24, 2.45) is 0 Å². The van der Waals surface area contributed by atoms with Crippen LogP contribution in [0, 0.1) is 10.1 Å². The second-order valence-corrected chi connectivity index (χ2v) is 5.39. The average Bonchev–Trinajstić information content (AvgIpc) is 2.42. The van der Waals surface area contributed by atoms with Crippen molar-refractivity contribution < 1.29 is 9.66 Å². The molecule has 2 aromatic carbocycles. The smallest absolute Gasteiger partial charge is 0.288 e. The molecule has 4 nitrogen and oxygen atoms in total. The summed E-state index contributed by atoms with van der Waals surface area (Å²) in [7, 11) is 0. The monoisotopic (exact) mass is 355 g/mol. The van der Waals surface area contributed by atoms with Crippen LogP contribution < -0.4 is 0 Å². The van der Waals surface area contributed by atoms with Crippen molar-refractivity contribution >= 4 is 33.2 Å². The van der Waals surface area contributed by atoms with Gasteiger partial charge in [-0.1, -0.05) is 51.8 Å². The van der Waals surface area contributed by atoms with E-state index in [1.807, 2.05) is 24.3 Å². The highest BCUT2D eigenvalue weighted by Gasteiger charge is 2.12. The lowest BCUT2D eigenvalue weighted by Gasteiger charge is -2.06. The number of hydrogen-bond acceptors (Lipinski definition) is 3. The zero-order valence-electron chi connectivity index (χ0n) is 10.4. The molecule has 6 heteroatoms. The largest absolute Gasteiger partial charge is 0.372 e. The van der Waals surface area contributed by atoms with Crippen LogP contribution in [0.3, 0.4) is 0 Å². The summed E-state index contributed by atoms with van der Waals surface area (Å²) in [5, 5.41) is 10.9. The van der Waals surface area contributed by atoms with Crippen molar-refractivity contribution in [3.05, 3.63) is 73.2 Å². The van der Waals surface area contributed by atoms with E-state index in [2.05, 4.69) is 15.9 Å². The lowest BCUT2D eigenvalue weighted by molar-refractivity contribution is -0.384. The minimum Gasteiger partial charge on any atom is -0.372 e. The molecule has 0 fully saturated rings. The molecule has 0 saturated heterocycles. The summed E-state index contributed by atoms with van der Waals surface area (Å²) in [6.07, 6.45) is 0. The van der Waals surface area contributed by atoms with E-state index in [-0.39, 0.29) is 10.7 Å². The maximum absolute atomic E-state index is 10.8. The van der Waals surface area contributed by atoms with Gasteiger partial charge in [-0.3, -0.25) is 10.1 Å². The van der Waals surface area contributed by atoms with Gasteiger partial charge in [-0.15, -0.1) is 0 Å². The summed E-state index contributed by atoms with van der Waals surface area (Å²) in [5.74, 6) is 0. The van der Waals surface area contributed by atoms with Gasteiger partial charge in [0.15, 0.2) is 0 Å². The molecule has 0 spiro atoms. The average molecular weight is 357 g/mol. The Bertz CT molecular complexity index is 634. The minimum atomic E-state index is -0.500. The lowest BCUT2D eigenvalue weighted by atomic mass is 10.2. The molecular weight excluding hydrogens is 346 g/mol. The second-order valence-electron chi connectivity index (χ2n) is 4.13. The van der Waals surface area contributed by atoms with Crippen molar-refractivity contribution in [3.8, 4) is 0 Å². The quantitative estimate of drug-likeness (QED) is 0.575. The van der Waals surface area contributed by atoms with Crippen molar-refractivity contribution in [1.29, 1.82) is 0 Å². The highest BCUT2D eigenvalue weighted by Crippen LogP contribution is 2.25.